The second-order valence-electron chi connectivity index (χ2n) is 7.41. The maximum atomic E-state index is 12.0. The molecule has 2 N–H and O–H groups in total. The van der Waals surface area contributed by atoms with Crippen molar-refractivity contribution in [3.05, 3.63) is 88.6 Å². The van der Waals surface area contributed by atoms with Crippen molar-refractivity contribution in [2.45, 2.75) is 5.92 Å². The predicted octanol–water partition coefficient (Wildman–Crippen LogP) is 4.06. The summed E-state index contributed by atoms with van der Waals surface area (Å²) in [6.45, 7) is 0. The summed E-state index contributed by atoms with van der Waals surface area (Å²) < 4.78 is 0.713. The number of hydrogen-bond acceptors (Lipinski definition) is 13. The summed E-state index contributed by atoms with van der Waals surface area (Å²) in [7, 11) is 0. The molecule has 16 heteroatoms. The third-order valence-electron chi connectivity index (χ3n) is 5.40. The number of anilines is 1. The number of aromatic nitrogens is 2. The van der Waals surface area contributed by atoms with E-state index in [4.69, 9.17) is 5.73 Å². The number of nitrogens with zero attached hydrogens (tertiary/aromatic N) is 8. The van der Waals surface area contributed by atoms with Gasteiger partial charge in [0.05, 0.1) is 47.9 Å². The number of benzene rings is 2. The number of fused-ring (bicyclic) bond motifs is 1. The average Bonchev–Trinajstić information content (AvgIpc) is 3.31. The van der Waals surface area contributed by atoms with Crippen molar-refractivity contribution in [2.24, 2.45) is 0 Å². The van der Waals surface area contributed by atoms with E-state index in [1.165, 1.54) is 0 Å². The molecule has 4 aromatic rings. The number of nitrogen functional groups attached to an aromatic ring is 1. The minimum absolute atomic E-state index is 0.205. The summed E-state index contributed by atoms with van der Waals surface area (Å²) in [5.74, 6) is -1.84. The van der Waals surface area contributed by atoms with Gasteiger partial charge in [0.25, 0.3) is 0 Å². The van der Waals surface area contributed by atoms with Crippen LogP contribution in [0.4, 0.5) is 22.9 Å². The van der Waals surface area contributed by atoms with Gasteiger partial charge >= 0.3 is 17.1 Å². The number of rotatable bonds is 6. The number of nitro groups is 3. The lowest BCUT2D eigenvalue weighted by atomic mass is 9.89. The van der Waals surface area contributed by atoms with E-state index in [-0.39, 0.29) is 10.7 Å². The van der Waals surface area contributed by atoms with E-state index < -0.39 is 65.8 Å². The lowest BCUT2D eigenvalue weighted by Gasteiger charge is -2.15. The first-order valence-corrected chi connectivity index (χ1v) is 10.9. The quantitative estimate of drug-likeness (QED) is 0.275. The molecule has 0 aliphatic heterocycles. The summed E-state index contributed by atoms with van der Waals surface area (Å²) in [6, 6.07) is 13.8. The van der Waals surface area contributed by atoms with Gasteiger partial charge in [-0.15, -0.1) is 11.3 Å². The third kappa shape index (κ3) is 3.93. The number of para-hydroxylation sites is 1. The molecule has 184 valence electrons. The van der Waals surface area contributed by atoms with Crippen molar-refractivity contribution in [3.8, 4) is 29.3 Å². The molecular formula is C22H9N9O6S. The number of pyridine rings is 1. The van der Waals surface area contributed by atoms with Crippen LogP contribution in [-0.4, -0.2) is 24.7 Å². The summed E-state index contributed by atoms with van der Waals surface area (Å²) in [4.78, 5) is 39.8. The SMILES string of the molecule is N#Cc1c(N)nc(C(C#N)c2nc3ccccc3s2)c(C#N)c1-c1ccc([N+](=O)[O-])c([N+](=O)[O-])c1[N+](=O)[O-]. The van der Waals surface area contributed by atoms with E-state index in [0.29, 0.717) is 16.3 Å². The number of nitriles is 3. The Balaban J connectivity index is 2.13. The zero-order valence-electron chi connectivity index (χ0n) is 18.6. The van der Waals surface area contributed by atoms with E-state index in [2.05, 4.69) is 9.97 Å². The summed E-state index contributed by atoms with van der Waals surface area (Å²) in [6.07, 6.45) is 0. The molecule has 0 saturated carbocycles. The van der Waals surface area contributed by atoms with Crippen molar-refractivity contribution in [3.63, 3.8) is 0 Å². The van der Waals surface area contributed by atoms with Gasteiger partial charge in [0.2, 0.25) is 0 Å². The number of hydrogen-bond donors (Lipinski definition) is 1. The first-order chi connectivity index (χ1) is 18.1. The van der Waals surface area contributed by atoms with Crippen molar-refractivity contribution in [1.82, 2.24) is 9.97 Å². The highest BCUT2D eigenvalue weighted by molar-refractivity contribution is 7.18. The zero-order chi connectivity index (χ0) is 27.7. The number of nitrogens with two attached hydrogens (primary N) is 1. The summed E-state index contributed by atoms with van der Waals surface area (Å²) in [5, 5.41) is 65.1. The molecule has 15 nitrogen and oxygen atoms in total. The smallest absolute Gasteiger partial charge is 0.383 e. The third-order valence-corrected chi connectivity index (χ3v) is 6.50. The van der Waals surface area contributed by atoms with E-state index in [1.54, 1.807) is 36.4 Å². The Morgan fingerprint density at radius 1 is 0.868 bits per heavy atom. The standard InChI is InChI=1S/C22H9N9O6S/c23-7-11-17(10-5-6-15(29(32)33)20(31(36)37)19(10)30(34)35)12(8-24)21(26)28-18(11)13(9-25)22-27-14-3-1-2-4-16(14)38-22/h1-6,13H,(H2,26,28). The monoisotopic (exact) mass is 527 g/mol. The van der Waals surface area contributed by atoms with Gasteiger partial charge in [-0.3, -0.25) is 30.3 Å². The van der Waals surface area contributed by atoms with Crippen LogP contribution in [-0.2, 0) is 0 Å². The molecule has 0 spiro atoms. The van der Waals surface area contributed by atoms with Crippen LogP contribution < -0.4 is 5.73 Å². The van der Waals surface area contributed by atoms with Gasteiger partial charge in [0, 0.05) is 11.6 Å². The highest BCUT2D eigenvalue weighted by atomic mass is 32.1. The van der Waals surface area contributed by atoms with E-state index in [1.807, 2.05) is 6.07 Å². The first kappa shape index (κ1) is 25.1. The number of nitro benzene ring substituents is 3. The molecule has 0 amide bonds. The van der Waals surface area contributed by atoms with Crippen LogP contribution in [0, 0.1) is 64.3 Å². The molecule has 2 aromatic carbocycles. The Morgan fingerprint density at radius 3 is 2.08 bits per heavy atom. The second kappa shape index (κ2) is 9.54. The molecule has 2 heterocycles. The van der Waals surface area contributed by atoms with Gasteiger partial charge < -0.3 is 5.73 Å². The van der Waals surface area contributed by atoms with Crippen molar-refractivity contribution in [2.75, 3.05) is 5.73 Å². The number of thiazole rings is 1. The minimum Gasteiger partial charge on any atom is -0.383 e. The van der Waals surface area contributed by atoms with Crippen molar-refractivity contribution in [1.29, 1.82) is 15.8 Å². The Bertz CT molecular complexity index is 1800. The average molecular weight is 527 g/mol. The maximum Gasteiger partial charge on any atom is 0.422 e. The van der Waals surface area contributed by atoms with E-state index in [9.17, 15) is 46.1 Å². The fourth-order valence-corrected chi connectivity index (χ4v) is 4.87. The molecule has 2 aromatic heterocycles. The minimum atomic E-state index is -1.45. The van der Waals surface area contributed by atoms with Gasteiger partial charge in [-0.1, -0.05) is 12.1 Å². The molecule has 0 radical (unpaired) electrons. The highest BCUT2D eigenvalue weighted by Gasteiger charge is 2.41. The fraction of sp³-hybridized carbons (Fsp3) is 0.0455. The zero-order valence-corrected chi connectivity index (χ0v) is 19.4. The molecular weight excluding hydrogens is 518 g/mol. The summed E-state index contributed by atoms with van der Waals surface area (Å²) in [5.41, 5.74) is 0.0275. The van der Waals surface area contributed by atoms with Crippen LogP contribution in [0.25, 0.3) is 21.3 Å². The van der Waals surface area contributed by atoms with Crippen LogP contribution in [0.5, 0.6) is 0 Å². The van der Waals surface area contributed by atoms with Crippen LogP contribution in [0.15, 0.2) is 36.4 Å². The van der Waals surface area contributed by atoms with Gasteiger partial charge in [-0.2, -0.15) is 15.8 Å². The maximum absolute atomic E-state index is 12.0. The molecule has 38 heavy (non-hydrogen) atoms. The van der Waals surface area contributed by atoms with E-state index >= 15 is 0 Å². The Labute approximate surface area is 214 Å². The molecule has 0 fully saturated rings. The molecule has 0 saturated heterocycles. The fourth-order valence-electron chi connectivity index (χ4n) is 3.86. The van der Waals surface area contributed by atoms with Gasteiger partial charge in [-0.05, 0) is 18.2 Å². The lowest BCUT2D eigenvalue weighted by molar-refractivity contribution is -0.440. The van der Waals surface area contributed by atoms with Crippen LogP contribution >= 0.6 is 11.3 Å². The Morgan fingerprint density at radius 2 is 1.53 bits per heavy atom. The molecule has 0 bridgehead atoms. The van der Waals surface area contributed by atoms with Crippen LogP contribution in [0.3, 0.4) is 0 Å². The van der Waals surface area contributed by atoms with Gasteiger partial charge in [-0.25, -0.2) is 9.97 Å². The lowest BCUT2D eigenvalue weighted by Crippen LogP contribution is -2.11. The normalized spacial score (nSPS) is 11.2. The van der Waals surface area contributed by atoms with Crippen LogP contribution in [0.1, 0.15) is 27.7 Å². The topological polar surface area (TPSA) is 253 Å². The molecule has 1 atom stereocenters. The largest absolute Gasteiger partial charge is 0.422 e. The van der Waals surface area contributed by atoms with Gasteiger partial charge in [0.15, 0.2) is 0 Å². The first-order valence-electron chi connectivity index (χ1n) is 10.1. The highest BCUT2D eigenvalue weighted by Crippen LogP contribution is 2.47. The predicted molar refractivity (Wildman–Crippen MR) is 131 cm³/mol. The molecule has 4 rings (SSSR count). The van der Waals surface area contributed by atoms with Crippen LogP contribution in [0.2, 0.25) is 0 Å². The second-order valence-corrected chi connectivity index (χ2v) is 8.48. The molecule has 0 aliphatic carbocycles. The molecule has 0 aliphatic rings. The summed E-state index contributed by atoms with van der Waals surface area (Å²) >= 11 is 1.12. The van der Waals surface area contributed by atoms with E-state index in [0.717, 1.165) is 17.4 Å². The van der Waals surface area contributed by atoms with Gasteiger partial charge in [0.1, 0.15) is 34.4 Å². The Hall–Kier alpha value is -6.05. The van der Waals surface area contributed by atoms with Crippen molar-refractivity contribution >= 4 is 44.4 Å². The molecule has 1 unspecified atom stereocenters. The Kier molecular flexibility index (Phi) is 6.29. The van der Waals surface area contributed by atoms with Crippen molar-refractivity contribution < 1.29 is 14.8 Å².